The summed E-state index contributed by atoms with van der Waals surface area (Å²) in [6.07, 6.45) is 6.23. The van der Waals surface area contributed by atoms with Gasteiger partial charge in [-0.25, -0.2) is 13.1 Å². The smallest absolute Gasteiger partial charge is 0.211 e. The molecule has 1 aromatic rings. The van der Waals surface area contributed by atoms with Crippen molar-refractivity contribution in [2.24, 2.45) is 0 Å². The molecule has 1 unspecified atom stereocenters. The van der Waals surface area contributed by atoms with Crippen molar-refractivity contribution in [3.8, 4) is 5.75 Å². The van der Waals surface area contributed by atoms with E-state index >= 15 is 0 Å². The summed E-state index contributed by atoms with van der Waals surface area (Å²) < 4.78 is 32.1. The van der Waals surface area contributed by atoms with Gasteiger partial charge in [-0.3, -0.25) is 9.88 Å². The third-order valence-corrected chi connectivity index (χ3v) is 5.68. The number of sulfonamides is 1. The highest BCUT2D eigenvalue weighted by atomic mass is 32.2. The van der Waals surface area contributed by atoms with Gasteiger partial charge in [0.1, 0.15) is 11.9 Å². The van der Waals surface area contributed by atoms with Crippen molar-refractivity contribution in [1.82, 2.24) is 14.6 Å². The van der Waals surface area contributed by atoms with Gasteiger partial charge in [-0.1, -0.05) is 6.92 Å². The van der Waals surface area contributed by atoms with E-state index in [4.69, 9.17) is 4.74 Å². The molecule has 0 spiro atoms. The average molecular weight is 341 g/mol. The molecule has 23 heavy (non-hydrogen) atoms. The van der Waals surface area contributed by atoms with Crippen molar-refractivity contribution in [3.05, 3.63) is 24.5 Å². The van der Waals surface area contributed by atoms with E-state index < -0.39 is 10.0 Å². The minimum absolute atomic E-state index is 0.196. The lowest BCUT2D eigenvalue weighted by molar-refractivity contribution is 0.0809. The van der Waals surface area contributed by atoms with Crippen LogP contribution in [0.15, 0.2) is 24.5 Å². The summed E-state index contributed by atoms with van der Waals surface area (Å²) in [5.74, 6) is 1.06. The number of likely N-dealkylation sites (tertiary alicyclic amines) is 1. The van der Waals surface area contributed by atoms with E-state index in [2.05, 4.69) is 21.5 Å². The van der Waals surface area contributed by atoms with Crippen molar-refractivity contribution in [2.75, 3.05) is 25.4 Å². The number of nitrogens with one attached hydrogen (secondary N) is 1. The maximum absolute atomic E-state index is 11.7. The van der Waals surface area contributed by atoms with Crippen molar-refractivity contribution >= 4 is 10.0 Å². The quantitative estimate of drug-likeness (QED) is 0.778. The van der Waals surface area contributed by atoms with E-state index in [1.54, 1.807) is 12.4 Å². The number of piperidine rings is 1. The molecule has 0 saturated carbocycles. The SMILES string of the molecule is CCCS(=O)(=O)NCC(C)N1CCC(Oc2ccncc2)CC1. The second kappa shape index (κ2) is 8.61. The fourth-order valence-corrected chi connectivity index (χ4v) is 3.94. The first kappa shape index (κ1) is 18.2. The van der Waals surface area contributed by atoms with Gasteiger partial charge in [-0.2, -0.15) is 0 Å². The fraction of sp³-hybridized carbons (Fsp3) is 0.688. The van der Waals surface area contributed by atoms with Crippen molar-refractivity contribution < 1.29 is 13.2 Å². The van der Waals surface area contributed by atoms with Crippen LogP contribution >= 0.6 is 0 Å². The zero-order valence-electron chi connectivity index (χ0n) is 13.9. The second-order valence-corrected chi connectivity index (χ2v) is 7.98. The normalized spacial score (nSPS) is 18.7. The summed E-state index contributed by atoms with van der Waals surface area (Å²) in [6.45, 7) is 6.26. The summed E-state index contributed by atoms with van der Waals surface area (Å²) in [5, 5.41) is 0. The standard InChI is InChI=1S/C16H27N3O3S/c1-3-12-23(20,21)18-13-14(2)19-10-6-16(7-11-19)22-15-4-8-17-9-5-15/h4-5,8-9,14,16,18H,3,6-7,10-13H2,1-2H3. The van der Waals surface area contributed by atoms with E-state index in [1.807, 2.05) is 19.1 Å². The van der Waals surface area contributed by atoms with Gasteiger partial charge in [-0.05, 0) is 38.3 Å². The fourth-order valence-electron chi connectivity index (χ4n) is 2.76. The highest BCUT2D eigenvalue weighted by Crippen LogP contribution is 2.19. The Morgan fingerprint density at radius 2 is 2.00 bits per heavy atom. The van der Waals surface area contributed by atoms with E-state index in [1.165, 1.54) is 0 Å². The maximum Gasteiger partial charge on any atom is 0.211 e. The highest BCUT2D eigenvalue weighted by Gasteiger charge is 2.24. The second-order valence-electron chi connectivity index (χ2n) is 6.05. The average Bonchev–Trinajstić information content (AvgIpc) is 2.54. The van der Waals surface area contributed by atoms with Crippen LogP contribution in [0.4, 0.5) is 0 Å². The van der Waals surface area contributed by atoms with Crippen LogP contribution in [0.25, 0.3) is 0 Å². The van der Waals surface area contributed by atoms with Crippen LogP contribution in [-0.2, 0) is 10.0 Å². The van der Waals surface area contributed by atoms with Crippen LogP contribution in [0.5, 0.6) is 5.75 Å². The van der Waals surface area contributed by atoms with Gasteiger partial charge in [0.15, 0.2) is 0 Å². The summed E-state index contributed by atoms with van der Waals surface area (Å²) in [7, 11) is -3.12. The monoisotopic (exact) mass is 341 g/mol. The van der Waals surface area contributed by atoms with E-state index in [0.29, 0.717) is 13.0 Å². The molecule has 6 nitrogen and oxygen atoms in total. The van der Waals surface area contributed by atoms with Gasteiger partial charge in [0.05, 0.1) is 5.75 Å². The number of hydrogen-bond donors (Lipinski definition) is 1. The molecule has 0 radical (unpaired) electrons. The molecule has 1 aromatic heterocycles. The predicted molar refractivity (Wildman–Crippen MR) is 91.0 cm³/mol. The topological polar surface area (TPSA) is 71.5 Å². The van der Waals surface area contributed by atoms with Gasteiger partial charge >= 0.3 is 0 Å². The Balaban J connectivity index is 1.73. The zero-order valence-corrected chi connectivity index (χ0v) is 14.8. The Morgan fingerprint density at radius 3 is 2.61 bits per heavy atom. The number of ether oxygens (including phenoxy) is 1. The highest BCUT2D eigenvalue weighted by molar-refractivity contribution is 7.89. The zero-order chi connectivity index (χ0) is 16.7. The van der Waals surface area contributed by atoms with Gasteiger partial charge in [0.25, 0.3) is 0 Å². The lowest BCUT2D eigenvalue weighted by atomic mass is 10.1. The Kier molecular flexibility index (Phi) is 6.80. The molecular weight excluding hydrogens is 314 g/mol. The summed E-state index contributed by atoms with van der Waals surface area (Å²) in [6, 6.07) is 3.94. The third kappa shape index (κ3) is 6.08. The number of nitrogens with zero attached hydrogens (tertiary/aromatic N) is 2. The molecule has 130 valence electrons. The predicted octanol–water partition coefficient (Wildman–Crippen LogP) is 1.64. The largest absolute Gasteiger partial charge is 0.490 e. The first-order chi connectivity index (χ1) is 11.0. The Bertz CT molecular complexity index is 557. The molecule has 1 atom stereocenters. The maximum atomic E-state index is 11.7. The van der Waals surface area contributed by atoms with Crippen molar-refractivity contribution in [3.63, 3.8) is 0 Å². The number of aromatic nitrogens is 1. The van der Waals surface area contributed by atoms with Crippen LogP contribution < -0.4 is 9.46 Å². The number of rotatable bonds is 8. The minimum Gasteiger partial charge on any atom is -0.490 e. The molecule has 1 N–H and O–H groups in total. The summed E-state index contributed by atoms with van der Waals surface area (Å²) in [5.41, 5.74) is 0. The van der Waals surface area contributed by atoms with Crippen LogP contribution in [0.3, 0.4) is 0 Å². The van der Waals surface area contributed by atoms with Crippen molar-refractivity contribution in [1.29, 1.82) is 0 Å². The van der Waals surface area contributed by atoms with Gasteiger partial charge in [0.2, 0.25) is 10.0 Å². The number of hydrogen-bond acceptors (Lipinski definition) is 5. The van der Waals surface area contributed by atoms with Crippen LogP contribution in [0, 0.1) is 0 Å². The molecule has 1 saturated heterocycles. The van der Waals surface area contributed by atoms with Crippen molar-refractivity contribution in [2.45, 2.75) is 45.3 Å². The Labute approximate surface area is 139 Å². The lowest BCUT2D eigenvalue weighted by Crippen LogP contribution is -2.47. The molecule has 2 rings (SSSR count). The van der Waals surface area contributed by atoms with Gasteiger partial charge in [-0.15, -0.1) is 0 Å². The van der Waals surface area contributed by atoms with E-state index in [-0.39, 0.29) is 17.9 Å². The molecule has 0 bridgehead atoms. The van der Waals surface area contributed by atoms with Gasteiger partial charge in [0, 0.05) is 38.1 Å². The first-order valence-electron chi connectivity index (χ1n) is 8.28. The van der Waals surface area contributed by atoms with Crippen LogP contribution in [-0.4, -0.2) is 55.8 Å². The molecule has 0 aliphatic carbocycles. The van der Waals surface area contributed by atoms with E-state index in [0.717, 1.165) is 31.7 Å². The minimum atomic E-state index is -3.12. The molecule has 0 aromatic carbocycles. The molecule has 2 heterocycles. The molecule has 0 amide bonds. The first-order valence-corrected chi connectivity index (χ1v) is 9.93. The Morgan fingerprint density at radius 1 is 1.35 bits per heavy atom. The summed E-state index contributed by atoms with van der Waals surface area (Å²) in [4.78, 5) is 6.30. The van der Waals surface area contributed by atoms with E-state index in [9.17, 15) is 8.42 Å². The molecule has 7 heteroatoms. The Hall–Kier alpha value is -1.18. The molecule has 1 fully saturated rings. The molecule has 1 aliphatic heterocycles. The lowest BCUT2D eigenvalue weighted by Gasteiger charge is -2.36. The summed E-state index contributed by atoms with van der Waals surface area (Å²) >= 11 is 0. The molecular formula is C16H27N3O3S. The van der Waals surface area contributed by atoms with Gasteiger partial charge < -0.3 is 4.74 Å². The number of pyridine rings is 1. The van der Waals surface area contributed by atoms with Crippen LogP contribution in [0.2, 0.25) is 0 Å². The third-order valence-electron chi connectivity index (χ3n) is 4.12. The molecule has 1 aliphatic rings. The van der Waals surface area contributed by atoms with Crippen LogP contribution in [0.1, 0.15) is 33.1 Å².